The van der Waals surface area contributed by atoms with Crippen LogP contribution in [0.4, 0.5) is 0 Å². The number of hydrogen-bond donors (Lipinski definition) is 1. The molecule has 0 atom stereocenters. The average molecular weight is 243 g/mol. The Kier molecular flexibility index (Phi) is 4.19. The van der Waals surface area contributed by atoms with E-state index >= 15 is 0 Å². The molecular weight excluding hydrogens is 228 g/mol. The Morgan fingerprint density at radius 3 is 2.62 bits per heavy atom. The summed E-state index contributed by atoms with van der Waals surface area (Å²) in [5.41, 5.74) is 1.81. The fraction of sp³-hybridized carbons (Fsp3) is 0.417. The average Bonchev–Trinajstić information content (AvgIpc) is 2.18. The van der Waals surface area contributed by atoms with E-state index in [9.17, 15) is 4.79 Å². The van der Waals surface area contributed by atoms with Crippen molar-refractivity contribution in [1.82, 2.24) is 0 Å². The Labute approximate surface area is 100.0 Å². The Hall–Kier alpha value is -1.22. The Morgan fingerprint density at radius 2 is 2.12 bits per heavy atom. The van der Waals surface area contributed by atoms with Crippen LogP contribution >= 0.6 is 11.6 Å². The van der Waals surface area contributed by atoms with Gasteiger partial charge in [-0.25, -0.2) is 4.79 Å². The van der Waals surface area contributed by atoms with Crippen molar-refractivity contribution in [3.8, 4) is 5.75 Å². The van der Waals surface area contributed by atoms with Gasteiger partial charge in [-0.1, -0.05) is 25.4 Å². The van der Waals surface area contributed by atoms with Crippen LogP contribution in [0.25, 0.3) is 0 Å². The van der Waals surface area contributed by atoms with Crippen LogP contribution in [0.15, 0.2) is 12.1 Å². The van der Waals surface area contributed by atoms with Crippen LogP contribution < -0.4 is 4.74 Å². The molecular formula is C12H15ClO3. The van der Waals surface area contributed by atoms with Crippen LogP contribution in [0.2, 0.25) is 5.02 Å². The van der Waals surface area contributed by atoms with Crippen LogP contribution in [0.3, 0.4) is 0 Å². The van der Waals surface area contributed by atoms with Crippen molar-refractivity contribution in [2.45, 2.75) is 26.7 Å². The van der Waals surface area contributed by atoms with Gasteiger partial charge in [0.25, 0.3) is 0 Å². The van der Waals surface area contributed by atoms with E-state index in [1.54, 1.807) is 6.07 Å². The maximum Gasteiger partial charge on any atom is 0.341 e. The summed E-state index contributed by atoms with van der Waals surface area (Å²) < 4.78 is 5.24. The molecule has 0 bridgehead atoms. The number of carboxylic acids is 1. The van der Waals surface area contributed by atoms with Crippen molar-refractivity contribution in [3.63, 3.8) is 0 Å². The van der Waals surface area contributed by atoms with Crippen LogP contribution in [0, 0.1) is 6.92 Å². The van der Waals surface area contributed by atoms with E-state index in [0.29, 0.717) is 10.8 Å². The van der Waals surface area contributed by atoms with Crippen molar-refractivity contribution >= 4 is 17.6 Å². The van der Waals surface area contributed by atoms with Gasteiger partial charge in [0, 0.05) is 5.02 Å². The molecule has 1 aromatic rings. The zero-order chi connectivity index (χ0) is 12.3. The number of aryl methyl sites for hydroxylation is 1. The van der Waals surface area contributed by atoms with Gasteiger partial charge in [-0.3, -0.25) is 0 Å². The SMILES string of the molecule is Cc1cc(OCC(=O)O)c(C(C)C)cc1Cl. The summed E-state index contributed by atoms with van der Waals surface area (Å²) in [6, 6.07) is 3.61. The first-order chi connectivity index (χ1) is 7.41. The topological polar surface area (TPSA) is 46.5 Å². The quantitative estimate of drug-likeness (QED) is 0.882. The molecule has 0 aliphatic heterocycles. The summed E-state index contributed by atoms with van der Waals surface area (Å²) in [6.45, 7) is 5.55. The highest BCUT2D eigenvalue weighted by Gasteiger charge is 2.12. The maximum absolute atomic E-state index is 10.5. The molecule has 0 fully saturated rings. The van der Waals surface area contributed by atoms with Crippen LogP contribution in [-0.4, -0.2) is 17.7 Å². The van der Waals surface area contributed by atoms with Gasteiger partial charge in [0.05, 0.1) is 0 Å². The Morgan fingerprint density at radius 1 is 1.50 bits per heavy atom. The minimum absolute atomic E-state index is 0.238. The van der Waals surface area contributed by atoms with Crippen molar-refractivity contribution < 1.29 is 14.6 Å². The molecule has 1 rings (SSSR count). The minimum atomic E-state index is -0.984. The van der Waals surface area contributed by atoms with Crippen LogP contribution in [0.1, 0.15) is 30.9 Å². The lowest BCUT2D eigenvalue weighted by atomic mass is 10.0. The first-order valence-corrected chi connectivity index (χ1v) is 5.44. The highest BCUT2D eigenvalue weighted by Crippen LogP contribution is 2.31. The Bertz CT molecular complexity index is 399. The fourth-order valence-electron chi connectivity index (χ4n) is 1.39. The minimum Gasteiger partial charge on any atom is -0.482 e. The predicted molar refractivity (Wildman–Crippen MR) is 63.4 cm³/mol. The first-order valence-electron chi connectivity index (χ1n) is 5.06. The number of hydrogen-bond acceptors (Lipinski definition) is 2. The Balaban J connectivity index is 3.04. The molecule has 0 unspecified atom stereocenters. The number of halogens is 1. The van der Waals surface area contributed by atoms with Gasteiger partial charge >= 0.3 is 5.97 Å². The lowest BCUT2D eigenvalue weighted by molar-refractivity contribution is -0.139. The molecule has 0 aromatic heterocycles. The third-order valence-corrected chi connectivity index (χ3v) is 2.67. The third kappa shape index (κ3) is 3.14. The second-order valence-electron chi connectivity index (χ2n) is 3.98. The highest BCUT2D eigenvalue weighted by molar-refractivity contribution is 6.31. The van der Waals surface area contributed by atoms with Gasteiger partial charge in [-0.2, -0.15) is 0 Å². The van der Waals surface area contributed by atoms with Crippen molar-refractivity contribution in [3.05, 3.63) is 28.3 Å². The van der Waals surface area contributed by atoms with Gasteiger partial charge < -0.3 is 9.84 Å². The smallest absolute Gasteiger partial charge is 0.341 e. The number of carbonyl (C=O) groups is 1. The number of ether oxygens (including phenoxy) is 1. The van der Waals surface area contributed by atoms with E-state index in [1.807, 2.05) is 26.8 Å². The maximum atomic E-state index is 10.5. The van der Waals surface area contributed by atoms with Gasteiger partial charge in [0.2, 0.25) is 0 Å². The lowest BCUT2D eigenvalue weighted by Crippen LogP contribution is -2.11. The van der Waals surface area contributed by atoms with E-state index < -0.39 is 5.97 Å². The largest absolute Gasteiger partial charge is 0.482 e. The molecule has 0 amide bonds. The summed E-state index contributed by atoms with van der Waals surface area (Å²) in [6.07, 6.45) is 0. The molecule has 16 heavy (non-hydrogen) atoms. The van der Waals surface area contributed by atoms with E-state index in [4.69, 9.17) is 21.4 Å². The summed E-state index contributed by atoms with van der Waals surface area (Å²) in [7, 11) is 0. The summed E-state index contributed by atoms with van der Waals surface area (Å²) in [5, 5.41) is 9.25. The monoisotopic (exact) mass is 242 g/mol. The van der Waals surface area contributed by atoms with Gasteiger partial charge in [0.15, 0.2) is 6.61 Å². The normalized spacial score (nSPS) is 10.6. The standard InChI is InChI=1S/C12H15ClO3/c1-7(2)9-5-10(13)8(3)4-11(9)16-6-12(14)15/h4-5,7H,6H2,1-3H3,(H,14,15). The fourth-order valence-corrected chi connectivity index (χ4v) is 1.56. The highest BCUT2D eigenvalue weighted by atomic mass is 35.5. The molecule has 0 radical (unpaired) electrons. The van der Waals surface area contributed by atoms with Crippen molar-refractivity contribution in [1.29, 1.82) is 0 Å². The summed E-state index contributed by atoms with van der Waals surface area (Å²) in [4.78, 5) is 10.5. The number of aliphatic carboxylic acids is 1. The number of rotatable bonds is 4. The molecule has 4 heteroatoms. The third-order valence-electron chi connectivity index (χ3n) is 2.26. The zero-order valence-electron chi connectivity index (χ0n) is 9.58. The second-order valence-corrected chi connectivity index (χ2v) is 4.38. The molecule has 1 aromatic carbocycles. The molecule has 0 heterocycles. The number of benzene rings is 1. The second kappa shape index (κ2) is 5.21. The zero-order valence-corrected chi connectivity index (χ0v) is 10.3. The van der Waals surface area contributed by atoms with E-state index in [-0.39, 0.29) is 12.5 Å². The van der Waals surface area contributed by atoms with Crippen LogP contribution in [-0.2, 0) is 4.79 Å². The molecule has 0 aliphatic carbocycles. The molecule has 1 N–H and O–H groups in total. The predicted octanol–water partition coefficient (Wildman–Crippen LogP) is 3.24. The van der Waals surface area contributed by atoms with Gasteiger partial charge in [-0.05, 0) is 36.1 Å². The number of carboxylic acid groups (broad SMARTS) is 1. The molecule has 3 nitrogen and oxygen atoms in total. The molecule has 0 aliphatic rings. The molecule has 0 spiro atoms. The van der Waals surface area contributed by atoms with Gasteiger partial charge in [-0.15, -0.1) is 0 Å². The lowest BCUT2D eigenvalue weighted by Gasteiger charge is -2.14. The first kappa shape index (κ1) is 12.8. The van der Waals surface area contributed by atoms with E-state index in [0.717, 1.165) is 11.1 Å². The van der Waals surface area contributed by atoms with Crippen LogP contribution in [0.5, 0.6) is 5.75 Å². The van der Waals surface area contributed by atoms with Gasteiger partial charge in [0.1, 0.15) is 5.75 Å². The molecule has 0 saturated carbocycles. The van der Waals surface area contributed by atoms with E-state index in [2.05, 4.69) is 0 Å². The summed E-state index contributed by atoms with van der Waals surface area (Å²) in [5.74, 6) is -0.150. The summed E-state index contributed by atoms with van der Waals surface area (Å²) >= 11 is 6.02. The molecule has 0 saturated heterocycles. The van der Waals surface area contributed by atoms with E-state index in [1.165, 1.54) is 0 Å². The van der Waals surface area contributed by atoms with Crippen molar-refractivity contribution in [2.75, 3.05) is 6.61 Å². The van der Waals surface area contributed by atoms with Crippen molar-refractivity contribution in [2.24, 2.45) is 0 Å². The molecule has 88 valence electrons.